The van der Waals surface area contributed by atoms with Crippen LogP contribution >= 0.6 is 23.6 Å². The molecule has 1 aromatic heterocycles. The number of aryl methyl sites for hydroxylation is 1. The number of nitrogens with zero attached hydrogens (tertiary/aromatic N) is 3. The van der Waals surface area contributed by atoms with E-state index in [0.29, 0.717) is 49.6 Å². The molecule has 1 aromatic rings. The van der Waals surface area contributed by atoms with E-state index < -0.39 is 10.2 Å². The lowest BCUT2D eigenvalue weighted by molar-refractivity contribution is -0.131. The first-order valence-electron chi connectivity index (χ1n) is 9.09. The van der Waals surface area contributed by atoms with Crippen LogP contribution in [0.15, 0.2) is 0 Å². The van der Waals surface area contributed by atoms with Crippen LogP contribution < -0.4 is 0 Å². The van der Waals surface area contributed by atoms with E-state index in [2.05, 4.69) is 4.98 Å². The van der Waals surface area contributed by atoms with Crippen molar-refractivity contribution in [3.05, 3.63) is 14.5 Å². The van der Waals surface area contributed by atoms with Gasteiger partial charge in [0.05, 0.1) is 6.42 Å². The summed E-state index contributed by atoms with van der Waals surface area (Å²) in [6.45, 7) is 4.76. The molecule has 7 nitrogen and oxygen atoms in total. The zero-order valence-corrected chi connectivity index (χ0v) is 17.5. The van der Waals surface area contributed by atoms with Crippen LogP contribution in [0, 0.1) is 10.9 Å². The predicted molar refractivity (Wildman–Crippen MR) is 105 cm³/mol. The number of piperazine rings is 1. The van der Waals surface area contributed by atoms with E-state index in [-0.39, 0.29) is 5.91 Å². The standard InChI is InChI=1S/C16H26N4O3S3/c1-13-14(25-16(24)17-13)12-15(21)18-8-10-20(11-9-18)26(22,23)19-6-4-2-3-5-7-19/h2-12H2,1H3,(H,17,24). The van der Waals surface area contributed by atoms with Gasteiger partial charge in [-0.2, -0.15) is 17.0 Å². The normalized spacial score (nSPS) is 20.9. The third-order valence-corrected chi connectivity index (χ3v) is 8.42. The summed E-state index contributed by atoms with van der Waals surface area (Å²) in [4.78, 5) is 18.3. The fourth-order valence-electron chi connectivity index (χ4n) is 3.46. The van der Waals surface area contributed by atoms with Crippen molar-refractivity contribution in [1.29, 1.82) is 0 Å². The van der Waals surface area contributed by atoms with Crippen molar-refractivity contribution in [3.8, 4) is 0 Å². The Bertz CT molecular complexity index is 786. The Morgan fingerprint density at radius 2 is 1.62 bits per heavy atom. The maximum Gasteiger partial charge on any atom is 0.282 e. The number of carbonyl (C=O) groups is 1. The molecule has 0 radical (unpaired) electrons. The smallest absolute Gasteiger partial charge is 0.282 e. The summed E-state index contributed by atoms with van der Waals surface area (Å²) in [6, 6.07) is 0. The average molecular weight is 419 g/mol. The second-order valence-electron chi connectivity index (χ2n) is 6.84. The van der Waals surface area contributed by atoms with Gasteiger partial charge >= 0.3 is 0 Å². The quantitative estimate of drug-likeness (QED) is 0.758. The number of hydrogen-bond acceptors (Lipinski definition) is 5. The number of carbonyl (C=O) groups excluding carboxylic acids is 1. The van der Waals surface area contributed by atoms with Crippen LogP contribution in [0.3, 0.4) is 0 Å². The first-order valence-corrected chi connectivity index (χ1v) is 11.7. The molecule has 0 bridgehead atoms. The molecule has 2 aliphatic rings. The van der Waals surface area contributed by atoms with Gasteiger partial charge in [0.2, 0.25) is 5.91 Å². The van der Waals surface area contributed by atoms with Crippen LogP contribution in [-0.2, 0) is 21.4 Å². The molecule has 26 heavy (non-hydrogen) atoms. The summed E-state index contributed by atoms with van der Waals surface area (Å²) in [6.07, 6.45) is 4.38. The van der Waals surface area contributed by atoms with E-state index in [4.69, 9.17) is 12.2 Å². The molecule has 1 amide bonds. The van der Waals surface area contributed by atoms with Crippen molar-refractivity contribution in [3.63, 3.8) is 0 Å². The van der Waals surface area contributed by atoms with Gasteiger partial charge in [0.25, 0.3) is 10.2 Å². The SMILES string of the molecule is Cc1[nH]c(=S)sc1CC(=O)N1CCN(S(=O)(=O)N2CCCCCC2)CC1. The number of thiazole rings is 1. The number of amides is 1. The van der Waals surface area contributed by atoms with E-state index in [1.807, 2.05) is 6.92 Å². The summed E-state index contributed by atoms with van der Waals surface area (Å²) in [5.74, 6) is 0.0326. The third kappa shape index (κ3) is 4.53. The van der Waals surface area contributed by atoms with Crippen LogP contribution in [0.1, 0.15) is 36.3 Å². The van der Waals surface area contributed by atoms with Gasteiger partial charge in [0.15, 0.2) is 3.95 Å². The molecule has 0 aromatic carbocycles. The van der Waals surface area contributed by atoms with E-state index in [0.717, 1.165) is 36.3 Å². The van der Waals surface area contributed by atoms with E-state index >= 15 is 0 Å². The molecule has 10 heteroatoms. The largest absolute Gasteiger partial charge is 0.341 e. The Kier molecular flexibility index (Phi) is 6.50. The Hall–Kier alpha value is -0.810. The van der Waals surface area contributed by atoms with Crippen LogP contribution in [0.25, 0.3) is 0 Å². The highest BCUT2D eigenvalue weighted by Gasteiger charge is 2.33. The maximum atomic E-state index is 12.8. The molecule has 2 fully saturated rings. The third-order valence-electron chi connectivity index (χ3n) is 5.04. The number of rotatable bonds is 4. The van der Waals surface area contributed by atoms with Crippen molar-refractivity contribution in [2.75, 3.05) is 39.3 Å². The van der Waals surface area contributed by atoms with E-state index in [9.17, 15) is 13.2 Å². The van der Waals surface area contributed by atoms with Gasteiger partial charge in [-0.1, -0.05) is 12.8 Å². The van der Waals surface area contributed by atoms with Gasteiger partial charge in [0.1, 0.15) is 0 Å². The molecule has 0 aliphatic carbocycles. The van der Waals surface area contributed by atoms with Crippen molar-refractivity contribution >= 4 is 39.7 Å². The summed E-state index contributed by atoms with van der Waals surface area (Å²) in [5, 5.41) is 0. The highest BCUT2D eigenvalue weighted by Crippen LogP contribution is 2.20. The predicted octanol–water partition coefficient (Wildman–Crippen LogP) is 1.92. The van der Waals surface area contributed by atoms with Crippen molar-refractivity contribution < 1.29 is 13.2 Å². The Morgan fingerprint density at radius 1 is 1.04 bits per heavy atom. The van der Waals surface area contributed by atoms with Gasteiger partial charge < -0.3 is 9.88 Å². The molecule has 0 unspecified atom stereocenters. The zero-order chi connectivity index (χ0) is 18.7. The molecule has 2 aliphatic heterocycles. The molecule has 0 spiro atoms. The van der Waals surface area contributed by atoms with Crippen LogP contribution in [0.5, 0.6) is 0 Å². The fourth-order valence-corrected chi connectivity index (χ4v) is 6.41. The van der Waals surface area contributed by atoms with Gasteiger partial charge in [-0.25, -0.2) is 0 Å². The highest BCUT2D eigenvalue weighted by atomic mass is 32.2. The van der Waals surface area contributed by atoms with Gasteiger partial charge in [-0.3, -0.25) is 4.79 Å². The average Bonchev–Trinajstić information content (AvgIpc) is 2.83. The lowest BCUT2D eigenvalue weighted by atomic mass is 10.2. The van der Waals surface area contributed by atoms with E-state index in [1.54, 1.807) is 9.21 Å². The number of H-pyrrole nitrogens is 1. The van der Waals surface area contributed by atoms with Crippen LogP contribution in [0.2, 0.25) is 0 Å². The minimum atomic E-state index is -3.41. The second-order valence-corrected chi connectivity index (χ2v) is 10.5. The molecule has 2 saturated heterocycles. The van der Waals surface area contributed by atoms with Crippen molar-refractivity contribution in [1.82, 2.24) is 18.5 Å². The first-order chi connectivity index (χ1) is 12.4. The Morgan fingerprint density at radius 3 is 2.15 bits per heavy atom. The van der Waals surface area contributed by atoms with Gasteiger partial charge in [-0.05, 0) is 32.0 Å². The second kappa shape index (κ2) is 8.47. The van der Waals surface area contributed by atoms with Gasteiger partial charge in [0, 0.05) is 49.8 Å². The molecule has 0 atom stereocenters. The van der Waals surface area contributed by atoms with Crippen molar-refractivity contribution in [2.45, 2.75) is 39.0 Å². The van der Waals surface area contributed by atoms with E-state index in [1.165, 1.54) is 15.6 Å². The summed E-state index contributed by atoms with van der Waals surface area (Å²) < 4.78 is 29.5. The molecule has 146 valence electrons. The summed E-state index contributed by atoms with van der Waals surface area (Å²) in [5.41, 5.74) is 0.940. The summed E-state index contributed by atoms with van der Waals surface area (Å²) in [7, 11) is -3.41. The topological polar surface area (TPSA) is 76.7 Å². The minimum Gasteiger partial charge on any atom is -0.341 e. The molecule has 3 rings (SSSR count). The van der Waals surface area contributed by atoms with Crippen LogP contribution in [0.4, 0.5) is 0 Å². The summed E-state index contributed by atoms with van der Waals surface area (Å²) >= 11 is 6.55. The lowest BCUT2D eigenvalue weighted by Gasteiger charge is -2.36. The lowest BCUT2D eigenvalue weighted by Crippen LogP contribution is -2.54. The molecule has 3 heterocycles. The molecular formula is C16H26N4O3S3. The molecule has 0 saturated carbocycles. The number of nitrogens with one attached hydrogen (secondary N) is 1. The molecular weight excluding hydrogens is 392 g/mol. The van der Waals surface area contributed by atoms with Crippen molar-refractivity contribution in [2.24, 2.45) is 0 Å². The highest BCUT2D eigenvalue weighted by molar-refractivity contribution is 7.86. The number of hydrogen-bond donors (Lipinski definition) is 1. The number of aromatic amines is 1. The minimum absolute atomic E-state index is 0.0326. The van der Waals surface area contributed by atoms with Crippen LogP contribution in [-0.4, -0.2) is 72.1 Å². The first kappa shape index (κ1) is 19.9. The fraction of sp³-hybridized carbons (Fsp3) is 0.750. The Balaban J connectivity index is 1.57. The Labute approximate surface area is 164 Å². The number of aromatic nitrogens is 1. The monoisotopic (exact) mass is 418 g/mol. The maximum absolute atomic E-state index is 12.8. The zero-order valence-electron chi connectivity index (χ0n) is 15.1. The van der Waals surface area contributed by atoms with Gasteiger partial charge in [-0.15, -0.1) is 11.3 Å². The molecule has 1 N–H and O–H groups in total.